The van der Waals surface area contributed by atoms with Crippen LogP contribution in [0.25, 0.3) is 5.65 Å². The van der Waals surface area contributed by atoms with Gasteiger partial charge in [0.25, 0.3) is 0 Å². The maximum Gasteiger partial charge on any atom is 0.358 e. The molecule has 0 atom stereocenters. The van der Waals surface area contributed by atoms with Crippen molar-refractivity contribution in [3.05, 3.63) is 29.7 Å². The number of fused-ring (bicyclic) bond motifs is 1. The summed E-state index contributed by atoms with van der Waals surface area (Å²) in [5.41, 5.74) is 2.13. The van der Waals surface area contributed by atoms with E-state index in [1.54, 1.807) is 16.8 Å². The molecular weight excluding hydrogens is 206 g/mol. The fourth-order valence-corrected chi connectivity index (χ4v) is 1.81. The van der Waals surface area contributed by atoms with E-state index in [2.05, 4.69) is 14.8 Å². The minimum absolute atomic E-state index is 0.308. The van der Waals surface area contributed by atoms with Crippen LogP contribution in [0.1, 0.15) is 34.9 Å². The van der Waals surface area contributed by atoms with Crippen LogP contribution in [0.4, 0.5) is 0 Å². The molecule has 0 aromatic carbocycles. The van der Waals surface area contributed by atoms with Gasteiger partial charge in [-0.05, 0) is 18.9 Å². The van der Waals surface area contributed by atoms with E-state index < -0.39 is 5.97 Å². The van der Waals surface area contributed by atoms with E-state index in [0.717, 1.165) is 5.69 Å². The zero-order valence-electron chi connectivity index (χ0n) is 8.88. The van der Waals surface area contributed by atoms with E-state index in [0.29, 0.717) is 17.3 Å². The van der Waals surface area contributed by atoms with Crippen molar-refractivity contribution in [2.45, 2.75) is 18.8 Å². The number of hydrogen-bond acceptors (Lipinski definition) is 4. The fraction of sp³-hybridized carbons (Fsp3) is 0.364. The molecule has 0 amide bonds. The van der Waals surface area contributed by atoms with Gasteiger partial charge in [0.2, 0.25) is 0 Å². The van der Waals surface area contributed by atoms with Gasteiger partial charge in [-0.2, -0.15) is 5.10 Å². The Balaban J connectivity index is 2.16. The number of esters is 1. The van der Waals surface area contributed by atoms with Gasteiger partial charge < -0.3 is 4.74 Å². The second kappa shape index (κ2) is 3.30. The highest BCUT2D eigenvalue weighted by Gasteiger charge is 2.27. The fourth-order valence-electron chi connectivity index (χ4n) is 1.81. The molecule has 1 aliphatic carbocycles. The molecule has 0 bridgehead atoms. The Bertz CT molecular complexity index is 557. The first-order valence-corrected chi connectivity index (χ1v) is 5.22. The lowest BCUT2D eigenvalue weighted by Gasteiger charge is -2.00. The van der Waals surface area contributed by atoms with Crippen LogP contribution in [0, 0.1) is 0 Å². The summed E-state index contributed by atoms with van der Waals surface area (Å²) < 4.78 is 6.38. The highest BCUT2D eigenvalue weighted by molar-refractivity contribution is 5.88. The largest absolute Gasteiger partial charge is 0.464 e. The second-order valence-corrected chi connectivity index (χ2v) is 3.94. The lowest BCUT2D eigenvalue weighted by atomic mass is 10.3. The molecule has 0 N–H and O–H groups in total. The molecule has 0 spiro atoms. The zero-order chi connectivity index (χ0) is 11.1. The first-order chi connectivity index (χ1) is 7.79. The minimum Gasteiger partial charge on any atom is -0.464 e. The number of carbonyl (C=O) groups excluding carboxylic acids is 1. The average molecular weight is 217 g/mol. The van der Waals surface area contributed by atoms with E-state index in [9.17, 15) is 4.79 Å². The van der Waals surface area contributed by atoms with E-state index >= 15 is 0 Å². The van der Waals surface area contributed by atoms with Gasteiger partial charge in [0.1, 0.15) is 0 Å². The first kappa shape index (κ1) is 9.33. The van der Waals surface area contributed by atoms with Crippen molar-refractivity contribution < 1.29 is 9.53 Å². The van der Waals surface area contributed by atoms with Gasteiger partial charge in [0.05, 0.1) is 7.11 Å². The molecule has 5 heteroatoms. The lowest BCUT2D eigenvalue weighted by molar-refractivity contribution is 0.0593. The van der Waals surface area contributed by atoms with E-state index in [4.69, 9.17) is 0 Å². The number of ether oxygens (including phenoxy) is 1. The Morgan fingerprint density at radius 2 is 2.38 bits per heavy atom. The van der Waals surface area contributed by atoms with Gasteiger partial charge >= 0.3 is 5.97 Å². The van der Waals surface area contributed by atoms with Gasteiger partial charge in [-0.15, -0.1) is 0 Å². The van der Waals surface area contributed by atoms with Crippen molar-refractivity contribution in [1.82, 2.24) is 14.6 Å². The normalized spacial score (nSPS) is 15.3. The maximum atomic E-state index is 11.4. The van der Waals surface area contributed by atoms with Gasteiger partial charge in [-0.25, -0.2) is 14.3 Å². The third-order valence-corrected chi connectivity index (χ3v) is 2.78. The number of carbonyl (C=O) groups is 1. The smallest absolute Gasteiger partial charge is 0.358 e. The summed E-state index contributed by atoms with van der Waals surface area (Å²) in [5, 5.41) is 4.22. The van der Waals surface area contributed by atoms with Crippen molar-refractivity contribution in [2.75, 3.05) is 7.11 Å². The van der Waals surface area contributed by atoms with Gasteiger partial charge in [0.15, 0.2) is 11.3 Å². The molecule has 0 saturated heterocycles. The molecule has 2 aromatic heterocycles. The van der Waals surface area contributed by atoms with Crippen molar-refractivity contribution in [2.24, 2.45) is 0 Å². The number of nitrogens with zero attached hydrogens (tertiary/aromatic N) is 3. The van der Waals surface area contributed by atoms with Gasteiger partial charge in [-0.3, -0.25) is 0 Å². The molecule has 16 heavy (non-hydrogen) atoms. The Labute approximate surface area is 92.1 Å². The van der Waals surface area contributed by atoms with Crippen molar-refractivity contribution in [3.63, 3.8) is 0 Å². The quantitative estimate of drug-likeness (QED) is 0.713. The summed E-state index contributed by atoms with van der Waals surface area (Å²) in [5.74, 6) is 0.142. The third kappa shape index (κ3) is 1.36. The highest BCUT2D eigenvalue weighted by atomic mass is 16.5. The van der Waals surface area contributed by atoms with Crippen LogP contribution in [0.3, 0.4) is 0 Å². The second-order valence-electron chi connectivity index (χ2n) is 3.94. The molecule has 0 aliphatic heterocycles. The molecule has 5 nitrogen and oxygen atoms in total. The molecule has 2 aromatic rings. The summed E-state index contributed by atoms with van der Waals surface area (Å²) in [4.78, 5) is 15.5. The van der Waals surface area contributed by atoms with Crippen molar-refractivity contribution in [1.29, 1.82) is 0 Å². The topological polar surface area (TPSA) is 56.5 Å². The van der Waals surface area contributed by atoms with Crippen LogP contribution >= 0.6 is 0 Å². The van der Waals surface area contributed by atoms with Crippen LogP contribution in [0.2, 0.25) is 0 Å². The predicted molar refractivity (Wildman–Crippen MR) is 56.3 cm³/mol. The van der Waals surface area contributed by atoms with Gasteiger partial charge in [-0.1, -0.05) is 0 Å². The zero-order valence-corrected chi connectivity index (χ0v) is 8.88. The summed E-state index contributed by atoms with van der Waals surface area (Å²) in [6.07, 6.45) is 4.13. The molecule has 1 aliphatic rings. The van der Waals surface area contributed by atoms with E-state index in [1.807, 2.05) is 6.07 Å². The molecular formula is C11H11N3O2. The van der Waals surface area contributed by atoms with Crippen molar-refractivity contribution in [3.8, 4) is 0 Å². The van der Waals surface area contributed by atoms with Crippen LogP contribution < -0.4 is 0 Å². The van der Waals surface area contributed by atoms with Crippen LogP contribution in [-0.4, -0.2) is 27.7 Å². The number of aromatic nitrogens is 3. The average Bonchev–Trinajstić information content (AvgIpc) is 3.05. The van der Waals surface area contributed by atoms with E-state index in [-0.39, 0.29) is 0 Å². The highest BCUT2D eigenvalue weighted by Crippen LogP contribution is 2.39. The summed E-state index contributed by atoms with van der Waals surface area (Å²) >= 11 is 0. The molecule has 2 heterocycles. The Morgan fingerprint density at radius 1 is 1.56 bits per heavy atom. The van der Waals surface area contributed by atoms with Gasteiger partial charge in [0, 0.05) is 23.9 Å². The van der Waals surface area contributed by atoms with Crippen LogP contribution in [0.15, 0.2) is 18.3 Å². The number of hydrogen-bond donors (Lipinski definition) is 0. The Kier molecular flexibility index (Phi) is 1.92. The van der Waals surface area contributed by atoms with Crippen molar-refractivity contribution >= 4 is 11.6 Å². The number of methoxy groups -OCH3 is 1. The Hall–Kier alpha value is -1.91. The molecule has 82 valence electrons. The van der Waals surface area contributed by atoms with Crippen LogP contribution in [-0.2, 0) is 4.74 Å². The standard InChI is InChI=1S/C11H11N3O2/c1-16-11(15)8-6-10-12-5-4-9(7-2-3-7)14(10)13-8/h4-7H,2-3H2,1H3. The molecule has 1 fully saturated rings. The number of rotatable bonds is 2. The lowest BCUT2D eigenvalue weighted by Crippen LogP contribution is -2.03. The first-order valence-electron chi connectivity index (χ1n) is 5.22. The summed E-state index contributed by atoms with van der Waals surface area (Å²) in [7, 11) is 1.35. The predicted octanol–water partition coefficient (Wildman–Crippen LogP) is 1.39. The van der Waals surface area contributed by atoms with E-state index in [1.165, 1.54) is 20.0 Å². The SMILES string of the molecule is COC(=O)c1cc2nccc(C3CC3)n2n1. The maximum absolute atomic E-state index is 11.4. The summed E-state index contributed by atoms with van der Waals surface area (Å²) in [6, 6.07) is 3.61. The monoisotopic (exact) mass is 217 g/mol. The Morgan fingerprint density at radius 3 is 3.06 bits per heavy atom. The summed E-state index contributed by atoms with van der Waals surface area (Å²) in [6.45, 7) is 0. The van der Waals surface area contributed by atoms with Crippen LogP contribution in [0.5, 0.6) is 0 Å². The molecule has 0 unspecified atom stereocenters. The molecule has 1 saturated carbocycles. The molecule has 3 rings (SSSR count). The molecule has 0 radical (unpaired) electrons. The third-order valence-electron chi connectivity index (χ3n) is 2.78. The minimum atomic E-state index is -0.424.